The number of hydrogen-bond acceptors (Lipinski definition) is 7. The van der Waals surface area contributed by atoms with Crippen LogP contribution >= 0.6 is 0 Å². The average molecular weight is 350 g/mol. The zero-order valence-electron chi connectivity index (χ0n) is 14.9. The van der Waals surface area contributed by atoms with Crippen molar-refractivity contribution >= 4 is 12.1 Å². The van der Waals surface area contributed by atoms with Crippen LogP contribution in [0.25, 0.3) is 0 Å². The van der Waals surface area contributed by atoms with Crippen molar-refractivity contribution in [3.63, 3.8) is 0 Å². The van der Waals surface area contributed by atoms with Crippen molar-refractivity contribution < 1.29 is 28.5 Å². The highest BCUT2D eigenvalue weighted by molar-refractivity contribution is 5.76. The molecule has 0 saturated heterocycles. The molecule has 136 valence electrons. The van der Waals surface area contributed by atoms with E-state index in [1.54, 1.807) is 20.8 Å². The third kappa shape index (κ3) is 6.59. The zero-order chi connectivity index (χ0) is 19.0. The van der Waals surface area contributed by atoms with E-state index in [4.69, 9.17) is 19.5 Å². The number of carbonyl (C=O) groups excluding carboxylic acids is 2. The van der Waals surface area contributed by atoms with Gasteiger partial charge in [-0.2, -0.15) is 5.26 Å². The van der Waals surface area contributed by atoms with Crippen molar-refractivity contribution in [2.75, 3.05) is 20.8 Å². The Labute approximate surface area is 146 Å². The van der Waals surface area contributed by atoms with E-state index in [1.807, 2.05) is 6.07 Å². The summed E-state index contributed by atoms with van der Waals surface area (Å²) >= 11 is 0. The highest BCUT2D eigenvalue weighted by Crippen LogP contribution is 2.28. The third-order valence-electron chi connectivity index (χ3n) is 2.86. The predicted molar refractivity (Wildman–Crippen MR) is 88.4 cm³/mol. The number of carbonyl (C=O) groups is 2. The van der Waals surface area contributed by atoms with E-state index in [0.717, 1.165) is 0 Å². The number of esters is 1. The average Bonchev–Trinajstić information content (AvgIpc) is 2.56. The molecule has 8 heteroatoms. The first-order valence-corrected chi connectivity index (χ1v) is 7.49. The molecular formula is C17H22N2O6. The Morgan fingerprint density at radius 3 is 2.44 bits per heavy atom. The number of benzene rings is 1. The maximum Gasteiger partial charge on any atom is 0.407 e. The summed E-state index contributed by atoms with van der Waals surface area (Å²) in [5.41, 5.74) is -0.284. The summed E-state index contributed by atoms with van der Waals surface area (Å²) in [7, 11) is 2.62. The SMILES string of the molecule is COC(=O)C(CNC(=O)OC(C)(C)C)Oc1ccc(C#N)cc1OC. The van der Waals surface area contributed by atoms with Crippen LogP contribution in [0.3, 0.4) is 0 Å². The van der Waals surface area contributed by atoms with Crippen LogP contribution in [0.4, 0.5) is 4.79 Å². The first-order chi connectivity index (χ1) is 11.7. The lowest BCUT2D eigenvalue weighted by atomic mass is 10.2. The van der Waals surface area contributed by atoms with E-state index in [0.29, 0.717) is 5.56 Å². The molecule has 1 rings (SSSR count). The molecule has 1 aromatic carbocycles. The summed E-state index contributed by atoms with van der Waals surface area (Å²) in [5.74, 6) is -0.157. The van der Waals surface area contributed by atoms with Gasteiger partial charge >= 0.3 is 12.1 Å². The van der Waals surface area contributed by atoms with Crippen LogP contribution < -0.4 is 14.8 Å². The number of amides is 1. The fraction of sp³-hybridized carbons (Fsp3) is 0.471. The number of ether oxygens (including phenoxy) is 4. The molecule has 0 spiro atoms. The molecule has 0 bridgehead atoms. The van der Waals surface area contributed by atoms with Crippen LogP contribution in [-0.4, -0.2) is 44.5 Å². The minimum absolute atomic E-state index is 0.162. The number of nitriles is 1. The van der Waals surface area contributed by atoms with Gasteiger partial charge in [-0.25, -0.2) is 9.59 Å². The molecule has 0 saturated carbocycles. The maximum absolute atomic E-state index is 11.9. The summed E-state index contributed by atoms with van der Waals surface area (Å²) in [6.45, 7) is 5.01. The molecule has 1 N–H and O–H groups in total. The second-order valence-corrected chi connectivity index (χ2v) is 5.99. The van der Waals surface area contributed by atoms with E-state index in [2.05, 4.69) is 10.1 Å². The summed E-state index contributed by atoms with van der Waals surface area (Å²) in [6, 6.07) is 6.48. The molecule has 0 heterocycles. The Kier molecular flexibility index (Phi) is 7.06. The summed E-state index contributed by atoms with van der Waals surface area (Å²) < 4.78 is 20.5. The minimum Gasteiger partial charge on any atom is -0.493 e. The normalized spacial score (nSPS) is 11.7. The molecule has 1 unspecified atom stereocenters. The van der Waals surface area contributed by atoms with Gasteiger partial charge < -0.3 is 24.3 Å². The van der Waals surface area contributed by atoms with Crippen molar-refractivity contribution in [1.82, 2.24) is 5.32 Å². The van der Waals surface area contributed by atoms with Crippen LogP contribution in [0.5, 0.6) is 11.5 Å². The van der Waals surface area contributed by atoms with E-state index in [-0.39, 0.29) is 18.0 Å². The van der Waals surface area contributed by atoms with E-state index >= 15 is 0 Å². The fourth-order valence-electron chi connectivity index (χ4n) is 1.78. The molecule has 0 aromatic heterocycles. The third-order valence-corrected chi connectivity index (χ3v) is 2.86. The molecule has 1 amide bonds. The first kappa shape index (κ1) is 20.1. The quantitative estimate of drug-likeness (QED) is 0.782. The minimum atomic E-state index is -1.11. The van der Waals surface area contributed by atoms with E-state index < -0.39 is 23.8 Å². The van der Waals surface area contributed by atoms with Gasteiger partial charge in [0.15, 0.2) is 11.5 Å². The molecule has 25 heavy (non-hydrogen) atoms. The molecule has 8 nitrogen and oxygen atoms in total. The lowest BCUT2D eigenvalue weighted by Gasteiger charge is -2.22. The monoisotopic (exact) mass is 350 g/mol. The van der Waals surface area contributed by atoms with Gasteiger partial charge in [0.1, 0.15) is 5.60 Å². The van der Waals surface area contributed by atoms with Crippen molar-refractivity contribution in [3.05, 3.63) is 23.8 Å². The standard InChI is InChI=1S/C17H22N2O6/c1-17(2,3)25-16(21)19-10-14(15(20)23-5)24-12-7-6-11(9-18)8-13(12)22-4/h6-8,14H,10H2,1-5H3,(H,19,21). The number of nitrogens with one attached hydrogen (secondary N) is 1. The molecule has 0 radical (unpaired) electrons. The fourth-order valence-corrected chi connectivity index (χ4v) is 1.78. The van der Waals surface area contributed by atoms with Crippen LogP contribution in [0.2, 0.25) is 0 Å². The zero-order valence-corrected chi connectivity index (χ0v) is 14.9. The van der Waals surface area contributed by atoms with Crippen LogP contribution in [0.1, 0.15) is 26.3 Å². The maximum atomic E-state index is 11.9. The van der Waals surface area contributed by atoms with Gasteiger partial charge in [-0.05, 0) is 32.9 Å². The van der Waals surface area contributed by atoms with Gasteiger partial charge in [-0.1, -0.05) is 0 Å². The number of methoxy groups -OCH3 is 2. The second kappa shape index (κ2) is 8.78. The Balaban J connectivity index is 2.86. The van der Waals surface area contributed by atoms with Gasteiger partial charge in [0.05, 0.1) is 32.4 Å². The molecule has 0 fully saturated rings. The van der Waals surface area contributed by atoms with Gasteiger partial charge in [0.2, 0.25) is 6.10 Å². The smallest absolute Gasteiger partial charge is 0.407 e. The van der Waals surface area contributed by atoms with Crippen molar-refractivity contribution in [2.24, 2.45) is 0 Å². The van der Waals surface area contributed by atoms with Gasteiger partial charge in [-0.3, -0.25) is 0 Å². The summed E-state index contributed by atoms with van der Waals surface area (Å²) in [4.78, 5) is 23.6. The van der Waals surface area contributed by atoms with E-state index in [1.165, 1.54) is 32.4 Å². The lowest BCUT2D eigenvalue weighted by molar-refractivity contribution is -0.148. The Morgan fingerprint density at radius 2 is 1.92 bits per heavy atom. The van der Waals surface area contributed by atoms with E-state index in [9.17, 15) is 9.59 Å². The number of rotatable bonds is 6. The van der Waals surface area contributed by atoms with Gasteiger partial charge in [0, 0.05) is 6.07 Å². The largest absolute Gasteiger partial charge is 0.493 e. The van der Waals surface area contributed by atoms with Crippen LogP contribution in [0.15, 0.2) is 18.2 Å². The summed E-state index contributed by atoms with van der Waals surface area (Å²) in [5, 5.41) is 11.4. The number of hydrogen-bond donors (Lipinski definition) is 1. The summed E-state index contributed by atoms with van der Waals surface area (Å²) in [6.07, 6.45) is -1.80. The highest BCUT2D eigenvalue weighted by Gasteiger charge is 2.25. The first-order valence-electron chi connectivity index (χ1n) is 7.49. The molecule has 0 aliphatic carbocycles. The predicted octanol–water partition coefficient (Wildman–Crippen LogP) is 2.01. The topological polar surface area (TPSA) is 107 Å². The second-order valence-electron chi connectivity index (χ2n) is 5.99. The molecule has 1 atom stereocenters. The van der Waals surface area contributed by atoms with Crippen molar-refractivity contribution in [3.8, 4) is 17.6 Å². The van der Waals surface area contributed by atoms with Crippen molar-refractivity contribution in [1.29, 1.82) is 5.26 Å². The lowest BCUT2D eigenvalue weighted by Crippen LogP contribution is -2.42. The molecule has 0 aliphatic rings. The number of nitrogens with zero attached hydrogens (tertiary/aromatic N) is 1. The number of alkyl carbamates (subject to hydrolysis) is 1. The van der Waals surface area contributed by atoms with Gasteiger partial charge in [0.25, 0.3) is 0 Å². The van der Waals surface area contributed by atoms with Crippen LogP contribution in [0, 0.1) is 11.3 Å². The Hall–Kier alpha value is -2.95. The Bertz CT molecular complexity index is 660. The van der Waals surface area contributed by atoms with Crippen LogP contribution in [-0.2, 0) is 14.3 Å². The molecular weight excluding hydrogens is 328 g/mol. The van der Waals surface area contributed by atoms with Crippen molar-refractivity contribution in [2.45, 2.75) is 32.5 Å². The highest BCUT2D eigenvalue weighted by atomic mass is 16.6. The molecule has 1 aromatic rings. The molecule has 0 aliphatic heterocycles. The Morgan fingerprint density at radius 1 is 1.24 bits per heavy atom. The van der Waals surface area contributed by atoms with Gasteiger partial charge in [-0.15, -0.1) is 0 Å².